The molecule has 138 valence electrons. The van der Waals surface area contributed by atoms with Crippen molar-refractivity contribution < 1.29 is 19.0 Å². The van der Waals surface area contributed by atoms with Gasteiger partial charge in [-0.2, -0.15) is 0 Å². The zero-order valence-corrected chi connectivity index (χ0v) is 15.4. The second-order valence-corrected chi connectivity index (χ2v) is 5.98. The summed E-state index contributed by atoms with van der Waals surface area (Å²) in [4.78, 5) is 16.3. The van der Waals surface area contributed by atoms with Gasteiger partial charge in [0.2, 0.25) is 11.7 Å². The Morgan fingerprint density at radius 2 is 1.76 bits per heavy atom. The molecule has 6 heteroatoms. The molecule has 0 atom stereocenters. The Bertz CT molecular complexity index is 595. The number of nitrogens with zero attached hydrogens (tertiary/aromatic N) is 2. The predicted molar refractivity (Wildman–Crippen MR) is 97.4 cm³/mol. The molecule has 1 aromatic carbocycles. The number of rotatable bonds is 8. The maximum atomic E-state index is 12.1. The van der Waals surface area contributed by atoms with Crippen LogP contribution in [0.5, 0.6) is 17.2 Å². The molecule has 0 aliphatic carbocycles. The van der Waals surface area contributed by atoms with Crippen LogP contribution in [0.1, 0.15) is 18.4 Å². The highest BCUT2D eigenvalue weighted by atomic mass is 16.5. The number of hydrogen-bond acceptors (Lipinski definition) is 5. The summed E-state index contributed by atoms with van der Waals surface area (Å²) >= 11 is 0. The van der Waals surface area contributed by atoms with Crippen molar-refractivity contribution in [3.8, 4) is 17.2 Å². The van der Waals surface area contributed by atoms with Crippen LogP contribution in [0.4, 0.5) is 0 Å². The molecule has 1 aromatic rings. The summed E-state index contributed by atoms with van der Waals surface area (Å²) in [5.74, 6) is 2.18. The molecule has 6 nitrogen and oxygen atoms in total. The summed E-state index contributed by atoms with van der Waals surface area (Å²) in [7, 11) is 4.86. The predicted octanol–water partition coefficient (Wildman–Crippen LogP) is 2.32. The van der Waals surface area contributed by atoms with E-state index in [4.69, 9.17) is 14.2 Å². The molecule has 0 unspecified atom stereocenters. The zero-order chi connectivity index (χ0) is 18.2. The highest BCUT2D eigenvalue weighted by molar-refractivity contribution is 5.76. The van der Waals surface area contributed by atoms with Crippen LogP contribution in [0.2, 0.25) is 0 Å². The van der Waals surface area contributed by atoms with Crippen LogP contribution >= 0.6 is 0 Å². The standard InChI is InChI=1S/C19H28N2O4/c1-5-6-7-17(22)21-12-10-20(11-13-21)14-15-8-9-16(23-2)19(25-4)18(15)24-3/h5,8-9H,1,6-7,10-14H2,2-4H3. The van der Waals surface area contributed by atoms with Crippen LogP contribution in [0, 0.1) is 0 Å². The Labute approximate surface area is 150 Å². The van der Waals surface area contributed by atoms with Gasteiger partial charge in [0.05, 0.1) is 21.3 Å². The first-order valence-corrected chi connectivity index (χ1v) is 8.53. The van der Waals surface area contributed by atoms with Crippen LogP contribution in [-0.4, -0.2) is 63.2 Å². The van der Waals surface area contributed by atoms with Gasteiger partial charge in [0.25, 0.3) is 0 Å². The lowest BCUT2D eigenvalue weighted by molar-refractivity contribution is -0.132. The van der Waals surface area contributed by atoms with Crippen molar-refractivity contribution in [3.63, 3.8) is 0 Å². The Balaban J connectivity index is 2.00. The first kappa shape index (κ1) is 19.1. The summed E-state index contributed by atoms with van der Waals surface area (Å²) < 4.78 is 16.3. The molecule has 1 amide bonds. The summed E-state index contributed by atoms with van der Waals surface area (Å²) in [5, 5.41) is 0. The molecule has 1 aliphatic heterocycles. The largest absolute Gasteiger partial charge is 0.493 e. The second-order valence-electron chi connectivity index (χ2n) is 5.98. The van der Waals surface area contributed by atoms with E-state index in [1.807, 2.05) is 17.0 Å². The molecule has 0 N–H and O–H groups in total. The van der Waals surface area contributed by atoms with E-state index in [2.05, 4.69) is 11.5 Å². The number of carbonyl (C=O) groups excluding carboxylic acids is 1. The SMILES string of the molecule is C=CCCC(=O)N1CCN(Cc2ccc(OC)c(OC)c2OC)CC1. The molecular weight excluding hydrogens is 320 g/mol. The number of piperazine rings is 1. The van der Waals surface area contributed by atoms with Gasteiger partial charge in [-0.3, -0.25) is 9.69 Å². The molecule has 0 saturated carbocycles. The quantitative estimate of drug-likeness (QED) is 0.675. The van der Waals surface area contributed by atoms with Crippen molar-refractivity contribution in [3.05, 3.63) is 30.4 Å². The molecular formula is C19H28N2O4. The summed E-state index contributed by atoms with van der Waals surface area (Å²) in [6.07, 6.45) is 3.08. The van der Waals surface area contributed by atoms with Gasteiger partial charge in [-0.25, -0.2) is 0 Å². The van der Waals surface area contributed by atoms with Crippen LogP contribution in [-0.2, 0) is 11.3 Å². The van der Waals surface area contributed by atoms with Crippen molar-refractivity contribution in [1.82, 2.24) is 9.80 Å². The van der Waals surface area contributed by atoms with Crippen molar-refractivity contribution >= 4 is 5.91 Å². The zero-order valence-electron chi connectivity index (χ0n) is 15.4. The van der Waals surface area contributed by atoms with Crippen molar-refractivity contribution in [2.24, 2.45) is 0 Å². The fourth-order valence-corrected chi connectivity index (χ4v) is 3.07. The number of carbonyl (C=O) groups is 1. The average Bonchev–Trinajstić information content (AvgIpc) is 2.66. The average molecular weight is 348 g/mol. The minimum absolute atomic E-state index is 0.211. The molecule has 1 saturated heterocycles. The summed E-state index contributed by atoms with van der Waals surface area (Å²) in [6, 6.07) is 3.90. The van der Waals surface area contributed by atoms with Gasteiger partial charge in [-0.15, -0.1) is 6.58 Å². The number of ether oxygens (including phenoxy) is 3. The van der Waals surface area contributed by atoms with Crippen LogP contribution in [0.25, 0.3) is 0 Å². The van der Waals surface area contributed by atoms with Gasteiger partial charge in [-0.05, 0) is 12.5 Å². The molecule has 0 radical (unpaired) electrons. The van der Waals surface area contributed by atoms with E-state index in [0.717, 1.165) is 44.7 Å². The number of methoxy groups -OCH3 is 3. The van der Waals surface area contributed by atoms with Crippen LogP contribution in [0.3, 0.4) is 0 Å². The van der Waals surface area contributed by atoms with Gasteiger partial charge in [0, 0.05) is 44.7 Å². The van der Waals surface area contributed by atoms with Crippen molar-refractivity contribution in [2.45, 2.75) is 19.4 Å². The molecule has 25 heavy (non-hydrogen) atoms. The first-order valence-electron chi connectivity index (χ1n) is 8.53. The summed E-state index contributed by atoms with van der Waals surface area (Å²) in [5.41, 5.74) is 1.05. The Hall–Kier alpha value is -2.21. The van der Waals surface area contributed by atoms with Gasteiger partial charge in [0.1, 0.15) is 0 Å². The molecule has 1 aliphatic rings. The number of amides is 1. The van der Waals surface area contributed by atoms with E-state index in [0.29, 0.717) is 23.7 Å². The van der Waals surface area contributed by atoms with E-state index in [9.17, 15) is 4.79 Å². The molecule has 2 rings (SSSR count). The lowest BCUT2D eigenvalue weighted by atomic mass is 10.1. The van der Waals surface area contributed by atoms with E-state index < -0.39 is 0 Å². The van der Waals surface area contributed by atoms with E-state index in [-0.39, 0.29) is 5.91 Å². The molecule has 0 spiro atoms. The van der Waals surface area contributed by atoms with E-state index in [1.165, 1.54) is 0 Å². The Kier molecular flexibility index (Phi) is 7.13. The van der Waals surface area contributed by atoms with Crippen LogP contribution in [0.15, 0.2) is 24.8 Å². The minimum atomic E-state index is 0.211. The number of allylic oxidation sites excluding steroid dienone is 1. The number of hydrogen-bond donors (Lipinski definition) is 0. The van der Waals surface area contributed by atoms with Crippen molar-refractivity contribution in [2.75, 3.05) is 47.5 Å². The topological polar surface area (TPSA) is 51.2 Å². The van der Waals surface area contributed by atoms with Gasteiger partial charge < -0.3 is 19.1 Å². The fraction of sp³-hybridized carbons (Fsp3) is 0.526. The molecule has 0 aromatic heterocycles. The van der Waals surface area contributed by atoms with Gasteiger partial charge in [0.15, 0.2) is 11.5 Å². The van der Waals surface area contributed by atoms with E-state index >= 15 is 0 Å². The fourth-order valence-electron chi connectivity index (χ4n) is 3.07. The van der Waals surface area contributed by atoms with E-state index in [1.54, 1.807) is 27.4 Å². The van der Waals surface area contributed by atoms with Crippen LogP contribution < -0.4 is 14.2 Å². The molecule has 0 bridgehead atoms. The second kappa shape index (κ2) is 9.32. The lowest BCUT2D eigenvalue weighted by Gasteiger charge is -2.35. The van der Waals surface area contributed by atoms with Crippen molar-refractivity contribution in [1.29, 1.82) is 0 Å². The first-order chi connectivity index (χ1) is 12.1. The third kappa shape index (κ3) is 4.66. The van der Waals surface area contributed by atoms with Gasteiger partial charge in [-0.1, -0.05) is 12.1 Å². The third-order valence-corrected chi connectivity index (χ3v) is 4.47. The summed E-state index contributed by atoms with van der Waals surface area (Å²) in [6.45, 7) is 7.62. The lowest BCUT2D eigenvalue weighted by Crippen LogP contribution is -2.48. The normalized spacial score (nSPS) is 14.9. The number of benzene rings is 1. The highest BCUT2D eigenvalue weighted by Gasteiger charge is 2.23. The minimum Gasteiger partial charge on any atom is -0.493 e. The molecule has 1 fully saturated rings. The smallest absolute Gasteiger partial charge is 0.222 e. The highest BCUT2D eigenvalue weighted by Crippen LogP contribution is 2.40. The Morgan fingerprint density at radius 1 is 1.08 bits per heavy atom. The van der Waals surface area contributed by atoms with Gasteiger partial charge >= 0.3 is 0 Å². The Morgan fingerprint density at radius 3 is 2.32 bits per heavy atom. The molecule has 1 heterocycles. The third-order valence-electron chi connectivity index (χ3n) is 4.47. The maximum Gasteiger partial charge on any atom is 0.222 e. The maximum absolute atomic E-state index is 12.1. The monoisotopic (exact) mass is 348 g/mol.